The van der Waals surface area contributed by atoms with Crippen molar-refractivity contribution in [3.05, 3.63) is 46.4 Å². The first-order valence-electron chi connectivity index (χ1n) is 5.83. The summed E-state index contributed by atoms with van der Waals surface area (Å²) in [5.74, 6) is 0.613. The van der Waals surface area contributed by atoms with Gasteiger partial charge in [-0.3, -0.25) is 0 Å². The Hall–Kier alpha value is -2.12. The van der Waals surface area contributed by atoms with Gasteiger partial charge in [-0.1, -0.05) is 6.07 Å². The molecule has 0 aliphatic carbocycles. The van der Waals surface area contributed by atoms with Crippen molar-refractivity contribution < 1.29 is 0 Å². The first-order chi connectivity index (χ1) is 9.11. The molecule has 0 saturated heterocycles. The molecule has 0 aliphatic heterocycles. The molecule has 2 aromatic rings. The van der Waals surface area contributed by atoms with Crippen LogP contribution in [-0.2, 0) is 6.42 Å². The molecule has 1 N–H and O–H groups in total. The molecule has 0 radical (unpaired) electrons. The smallest absolute Gasteiger partial charge is 0.224 e. The highest BCUT2D eigenvalue weighted by atomic mass is 35.5. The molecule has 1 aromatic heterocycles. The first-order valence-corrected chi connectivity index (χ1v) is 6.21. The molecule has 0 saturated carbocycles. The molecule has 0 amide bonds. The van der Waals surface area contributed by atoms with Crippen LogP contribution in [-0.4, -0.2) is 9.97 Å². The number of hydrogen-bond donors (Lipinski definition) is 1. The van der Waals surface area contributed by atoms with Gasteiger partial charge in [0.25, 0.3) is 0 Å². The Morgan fingerprint density at radius 1 is 1.32 bits per heavy atom. The van der Waals surface area contributed by atoms with Crippen LogP contribution in [0, 0.1) is 25.2 Å². The number of aromatic nitrogens is 2. The summed E-state index contributed by atoms with van der Waals surface area (Å²) < 4.78 is 0. The van der Waals surface area contributed by atoms with E-state index >= 15 is 0 Å². The molecule has 1 heterocycles. The predicted octanol–water partition coefficient (Wildman–Crippen LogP) is 3.56. The zero-order valence-corrected chi connectivity index (χ0v) is 11.5. The molecule has 5 heteroatoms. The van der Waals surface area contributed by atoms with Gasteiger partial charge in [-0.25, -0.2) is 9.97 Å². The van der Waals surface area contributed by atoms with Crippen molar-refractivity contribution in [3.8, 4) is 6.07 Å². The molecule has 0 fully saturated rings. The van der Waals surface area contributed by atoms with E-state index in [4.69, 9.17) is 16.9 Å². The number of nitrogens with zero attached hydrogens (tertiary/aromatic N) is 3. The zero-order chi connectivity index (χ0) is 13.8. The fourth-order valence-electron chi connectivity index (χ4n) is 1.84. The maximum Gasteiger partial charge on any atom is 0.224 e. The Balaban J connectivity index is 2.40. The summed E-state index contributed by atoms with van der Waals surface area (Å²) in [6.07, 6.45) is 1.94. The van der Waals surface area contributed by atoms with E-state index in [1.54, 1.807) is 12.3 Å². The van der Waals surface area contributed by atoms with E-state index in [0.717, 1.165) is 22.4 Å². The fraction of sp³-hybridized carbons (Fsp3) is 0.214. The van der Waals surface area contributed by atoms with Crippen molar-refractivity contribution in [3.63, 3.8) is 0 Å². The van der Waals surface area contributed by atoms with Gasteiger partial charge in [0.15, 0.2) is 0 Å². The molecule has 0 aliphatic rings. The van der Waals surface area contributed by atoms with Gasteiger partial charge in [-0.15, -0.1) is 0 Å². The second kappa shape index (κ2) is 5.68. The zero-order valence-electron chi connectivity index (χ0n) is 10.7. The van der Waals surface area contributed by atoms with Crippen LogP contribution in [0.1, 0.15) is 16.7 Å². The fourth-order valence-corrected chi connectivity index (χ4v) is 1.99. The monoisotopic (exact) mass is 272 g/mol. The summed E-state index contributed by atoms with van der Waals surface area (Å²) in [5, 5.41) is 12.3. The van der Waals surface area contributed by atoms with Crippen LogP contribution in [0.15, 0.2) is 24.4 Å². The minimum atomic E-state index is 0.190. The van der Waals surface area contributed by atoms with E-state index < -0.39 is 0 Å². The van der Waals surface area contributed by atoms with Crippen LogP contribution in [0.5, 0.6) is 0 Å². The Morgan fingerprint density at radius 3 is 2.79 bits per heavy atom. The van der Waals surface area contributed by atoms with Gasteiger partial charge in [0.1, 0.15) is 5.82 Å². The van der Waals surface area contributed by atoms with E-state index in [-0.39, 0.29) is 5.28 Å². The number of benzene rings is 1. The molecular formula is C14H13ClN4. The van der Waals surface area contributed by atoms with Gasteiger partial charge in [0.2, 0.25) is 5.28 Å². The van der Waals surface area contributed by atoms with Crippen molar-refractivity contribution in [2.24, 2.45) is 0 Å². The van der Waals surface area contributed by atoms with Crippen molar-refractivity contribution >= 4 is 23.1 Å². The lowest BCUT2D eigenvalue weighted by molar-refractivity contribution is 1.15. The highest BCUT2D eigenvalue weighted by Crippen LogP contribution is 2.25. The Morgan fingerprint density at radius 2 is 2.11 bits per heavy atom. The molecule has 0 atom stereocenters. The molecule has 19 heavy (non-hydrogen) atoms. The third-order valence-corrected chi connectivity index (χ3v) is 3.20. The maximum absolute atomic E-state index is 8.95. The molecule has 2 rings (SSSR count). The topological polar surface area (TPSA) is 61.6 Å². The number of aryl methyl sites for hydroxylation is 1. The predicted molar refractivity (Wildman–Crippen MR) is 75.6 cm³/mol. The van der Waals surface area contributed by atoms with Crippen LogP contribution < -0.4 is 5.32 Å². The molecule has 0 bridgehead atoms. The summed E-state index contributed by atoms with van der Waals surface area (Å²) in [7, 11) is 0. The maximum atomic E-state index is 8.95. The van der Waals surface area contributed by atoms with Gasteiger partial charge < -0.3 is 5.32 Å². The number of halogens is 1. The van der Waals surface area contributed by atoms with Crippen LogP contribution >= 0.6 is 11.6 Å². The Labute approximate surface area is 117 Å². The quantitative estimate of drug-likeness (QED) is 0.868. The highest BCUT2D eigenvalue weighted by Gasteiger charge is 2.09. The summed E-state index contributed by atoms with van der Waals surface area (Å²) in [4.78, 5) is 7.92. The summed E-state index contributed by atoms with van der Waals surface area (Å²) in [6.45, 7) is 4.04. The molecule has 1 aromatic carbocycles. The average Bonchev–Trinajstić information content (AvgIpc) is 2.38. The highest BCUT2D eigenvalue weighted by molar-refractivity contribution is 6.28. The second-order valence-electron chi connectivity index (χ2n) is 4.20. The largest absolute Gasteiger partial charge is 0.340 e. The van der Waals surface area contributed by atoms with Crippen molar-refractivity contribution in [2.45, 2.75) is 20.3 Å². The van der Waals surface area contributed by atoms with Crippen LogP contribution in [0.25, 0.3) is 0 Å². The standard InChI is InChI=1S/C14H13ClN4/c1-9-3-4-12(11(5-7-16)10(9)2)18-13-6-8-17-14(15)19-13/h3-4,6,8H,5H2,1-2H3,(H,17,18,19). The second-order valence-corrected chi connectivity index (χ2v) is 4.54. The van der Waals surface area contributed by atoms with E-state index in [2.05, 4.69) is 21.4 Å². The minimum Gasteiger partial charge on any atom is -0.340 e. The van der Waals surface area contributed by atoms with Gasteiger partial charge in [0, 0.05) is 11.9 Å². The molecule has 0 spiro atoms. The van der Waals surface area contributed by atoms with E-state index in [1.165, 1.54) is 0 Å². The summed E-state index contributed by atoms with van der Waals surface area (Å²) >= 11 is 5.75. The SMILES string of the molecule is Cc1ccc(Nc2ccnc(Cl)n2)c(CC#N)c1C. The van der Waals surface area contributed by atoms with Gasteiger partial charge in [-0.05, 0) is 54.3 Å². The van der Waals surface area contributed by atoms with E-state index in [9.17, 15) is 0 Å². The van der Waals surface area contributed by atoms with Gasteiger partial charge >= 0.3 is 0 Å². The number of rotatable bonds is 3. The Kier molecular flexibility index (Phi) is 3.98. The van der Waals surface area contributed by atoms with Crippen LogP contribution in [0.2, 0.25) is 5.28 Å². The summed E-state index contributed by atoms with van der Waals surface area (Å²) in [5.41, 5.74) is 4.14. The molecule has 4 nitrogen and oxygen atoms in total. The minimum absolute atomic E-state index is 0.190. The lowest BCUT2D eigenvalue weighted by Crippen LogP contribution is -2.01. The van der Waals surface area contributed by atoms with E-state index in [0.29, 0.717) is 12.2 Å². The molecule has 0 unspecified atom stereocenters. The lowest BCUT2D eigenvalue weighted by Gasteiger charge is -2.14. The van der Waals surface area contributed by atoms with Gasteiger partial charge in [-0.2, -0.15) is 5.26 Å². The van der Waals surface area contributed by atoms with Crippen molar-refractivity contribution in [1.29, 1.82) is 5.26 Å². The van der Waals surface area contributed by atoms with E-state index in [1.807, 2.05) is 26.0 Å². The lowest BCUT2D eigenvalue weighted by atomic mass is 9.99. The van der Waals surface area contributed by atoms with Crippen molar-refractivity contribution in [2.75, 3.05) is 5.32 Å². The molecular weight excluding hydrogens is 260 g/mol. The third-order valence-electron chi connectivity index (χ3n) is 3.01. The van der Waals surface area contributed by atoms with Crippen LogP contribution in [0.3, 0.4) is 0 Å². The van der Waals surface area contributed by atoms with Crippen molar-refractivity contribution in [1.82, 2.24) is 9.97 Å². The number of hydrogen-bond acceptors (Lipinski definition) is 4. The number of anilines is 2. The first kappa shape index (κ1) is 13.3. The average molecular weight is 273 g/mol. The third kappa shape index (κ3) is 3.01. The normalized spacial score (nSPS) is 10.0. The number of nitriles is 1. The number of nitrogens with one attached hydrogen (secondary N) is 1. The molecule has 96 valence electrons. The van der Waals surface area contributed by atoms with Crippen LogP contribution in [0.4, 0.5) is 11.5 Å². The van der Waals surface area contributed by atoms with Gasteiger partial charge in [0.05, 0.1) is 12.5 Å². The Bertz CT molecular complexity index is 646. The summed E-state index contributed by atoms with van der Waals surface area (Å²) in [6, 6.07) is 7.89.